The second-order valence-electron chi connectivity index (χ2n) is 2.86. The molecule has 16 heavy (non-hydrogen) atoms. The van der Waals surface area contributed by atoms with Crippen molar-refractivity contribution in [3.05, 3.63) is 0 Å². The molecule has 0 saturated heterocycles. The second kappa shape index (κ2) is 6.55. The molecule has 5 N–H and O–H groups in total. The van der Waals surface area contributed by atoms with Gasteiger partial charge in [0.15, 0.2) is 6.10 Å². The third-order valence-corrected chi connectivity index (χ3v) is 2.60. The standard InChI is InChI=1S/C6H13O8PS/c1-16-2-3(7)4(8)5(9)6(10)14-15(11,12)13/h3-5,7-9H,2H2,1H3,(H2,11,12,13)/t3-,4-,5-/m1/s1. The zero-order valence-electron chi connectivity index (χ0n) is 8.26. The summed E-state index contributed by atoms with van der Waals surface area (Å²) in [7, 11) is -5.07. The minimum absolute atomic E-state index is 0.0431. The molecule has 0 rings (SSSR count). The van der Waals surface area contributed by atoms with E-state index < -0.39 is 32.1 Å². The van der Waals surface area contributed by atoms with Gasteiger partial charge in [0.25, 0.3) is 0 Å². The van der Waals surface area contributed by atoms with Crippen LogP contribution in [-0.4, -0.2) is 61.4 Å². The molecule has 0 aliphatic rings. The molecule has 0 amide bonds. The molecule has 0 heterocycles. The van der Waals surface area contributed by atoms with E-state index in [2.05, 4.69) is 4.52 Å². The van der Waals surface area contributed by atoms with Crippen LogP contribution >= 0.6 is 19.6 Å². The number of phosphoric acid groups is 1. The van der Waals surface area contributed by atoms with Crippen molar-refractivity contribution in [3.8, 4) is 0 Å². The Morgan fingerprint density at radius 1 is 1.38 bits per heavy atom. The van der Waals surface area contributed by atoms with Crippen LogP contribution in [0.25, 0.3) is 0 Å². The highest BCUT2D eigenvalue weighted by atomic mass is 32.2. The number of thioether (sulfide) groups is 1. The highest BCUT2D eigenvalue weighted by molar-refractivity contribution is 7.98. The highest BCUT2D eigenvalue weighted by Gasteiger charge is 2.34. The maximum Gasteiger partial charge on any atom is 0.527 e. The molecule has 0 aliphatic carbocycles. The normalized spacial score (nSPS) is 17.6. The van der Waals surface area contributed by atoms with Crippen LogP contribution < -0.4 is 0 Å². The number of aliphatic hydroxyl groups is 3. The minimum Gasteiger partial charge on any atom is -0.389 e. The Hall–Kier alpha value is -0.150. The number of carbonyl (C=O) groups excluding carboxylic acids is 1. The highest BCUT2D eigenvalue weighted by Crippen LogP contribution is 2.36. The fourth-order valence-electron chi connectivity index (χ4n) is 0.790. The first-order valence-corrected chi connectivity index (χ1v) is 6.93. The van der Waals surface area contributed by atoms with Crippen LogP contribution in [0.2, 0.25) is 0 Å². The molecular formula is C6H13O8PS. The molecule has 0 aromatic heterocycles. The van der Waals surface area contributed by atoms with Gasteiger partial charge in [-0.15, -0.1) is 0 Å². The van der Waals surface area contributed by atoms with Crippen molar-refractivity contribution in [1.82, 2.24) is 0 Å². The summed E-state index contributed by atoms with van der Waals surface area (Å²) in [5, 5.41) is 27.5. The van der Waals surface area contributed by atoms with Crippen LogP contribution in [0.15, 0.2) is 0 Å². The second-order valence-corrected chi connectivity index (χ2v) is 4.93. The molecule has 0 saturated carbocycles. The lowest BCUT2D eigenvalue weighted by Crippen LogP contribution is -2.43. The van der Waals surface area contributed by atoms with Gasteiger partial charge in [-0.3, -0.25) is 9.79 Å². The fraction of sp³-hybridized carbons (Fsp3) is 0.833. The molecule has 0 aliphatic heterocycles. The van der Waals surface area contributed by atoms with Crippen LogP contribution in [-0.2, 0) is 13.9 Å². The molecule has 0 aromatic rings. The summed E-state index contributed by atoms with van der Waals surface area (Å²) in [6, 6.07) is 0. The SMILES string of the molecule is CSC[C@@H](O)[C@@H](O)[C@@H](O)C(=O)OP(=O)(O)O. The van der Waals surface area contributed by atoms with Crippen molar-refractivity contribution in [2.75, 3.05) is 12.0 Å². The lowest BCUT2D eigenvalue weighted by Gasteiger charge is -2.20. The Balaban J connectivity index is 4.37. The maximum absolute atomic E-state index is 10.9. The summed E-state index contributed by atoms with van der Waals surface area (Å²) in [6.07, 6.45) is -3.87. The average molecular weight is 276 g/mol. The van der Waals surface area contributed by atoms with Gasteiger partial charge < -0.3 is 19.8 Å². The van der Waals surface area contributed by atoms with Gasteiger partial charge in [-0.25, -0.2) is 9.36 Å². The van der Waals surface area contributed by atoms with Crippen molar-refractivity contribution in [2.45, 2.75) is 18.3 Å². The van der Waals surface area contributed by atoms with E-state index in [1.165, 1.54) is 0 Å². The average Bonchev–Trinajstić information content (AvgIpc) is 2.13. The molecule has 0 spiro atoms. The van der Waals surface area contributed by atoms with Gasteiger partial charge >= 0.3 is 13.8 Å². The summed E-state index contributed by atoms with van der Waals surface area (Å²) in [4.78, 5) is 27.4. The first-order valence-electron chi connectivity index (χ1n) is 4.01. The summed E-state index contributed by atoms with van der Waals surface area (Å²) < 4.78 is 13.8. The van der Waals surface area contributed by atoms with Crippen molar-refractivity contribution in [2.24, 2.45) is 0 Å². The number of hydrogen-bond donors (Lipinski definition) is 5. The van der Waals surface area contributed by atoms with E-state index in [0.717, 1.165) is 11.8 Å². The number of rotatable bonds is 6. The quantitative estimate of drug-likeness (QED) is 0.350. The van der Waals surface area contributed by atoms with Crippen molar-refractivity contribution >= 4 is 25.6 Å². The minimum atomic E-state index is -5.07. The summed E-state index contributed by atoms with van der Waals surface area (Å²) >= 11 is 1.15. The molecule has 0 aromatic carbocycles. The van der Waals surface area contributed by atoms with E-state index in [1.54, 1.807) is 6.26 Å². The predicted octanol–water partition coefficient (Wildman–Crippen LogP) is -1.93. The Morgan fingerprint density at radius 3 is 2.25 bits per heavy atom. The van der Waals surface area contributed by atoms with E-state index in [-0.39, 0.29) is 5.75 Å². The molecule has 10 heteroatoms. The molecule has 96 valence electrons. The largest absolute Gasteiger partial charge is 0.527 e. The van der Waals surface area contributed by atoms with Crippen LogP contribution in [0.1, 0.15) is 0 Å². The third-order valence-electron chi connectivity index (χ3n) is 1.51. The molecule has 0 bridgehead atoms. The Morgan fingerprint density at radius 2 is 1.88 bits per heavy atom. The molecule has 3 atom stereocenters. The molecule has 0 fully saturated rings. The summed E-state index contributed by atoms with van der Waals surface area (Å²) in [6.45, 7) is 0. The first-order chi connectivity index (χ1) is 7.19. The van der Waals surface area contributed by atoms with E-state index in [1.807, 2.05) is 0 Å². The van der Waals surface area contributed by atoms with Gasteiger partial charge in [0, 0.05) is 5.75 Å². The third kappa shape index (κ3) is 5.80. The lowest BCUT2D eigenvalue weighted by atomic mass is 10.1. The smallest absolute Gasteiger partial charge is 0.389 e. The number of aliphatic hydroxyl groups excluding tert-OH is 3. The van der Waals surface area contributed by atoms with E-state index in [0.29, 0.717) is 0 Å². The van der Waals surface area contributed by atoms with Gasteiger partial charge in [0.1, 0.15) is 6.10 Å². The van der Waals surface area contributed by atoms with Crippen molar-refractivity contribution in [3.63, 3.8) is 0 Å². The number of carbonyl (C=O) groups is 1. The van der Waals surface area contributed by atoms with Gasteiger partial charge in [-0.2, -0.15) is 11.8 Å². The Kier molecular flexibility index (Phi) is 6.49. The Labute approximate surface area is 95.5 Å². The van der Waals surface area contributed by atoms with E-state index in [4.69, 9.17) is 14.9 Å². The van der Waals surface area contributed by atoms with Gasteiger partial charge in [0.2, 0.25) is 0 Å². The molecular weight excluding hydrogens is 263 g/mol. The summed E-state index contributed by atoms with van der Waals surface area (Å²) in [5.74, 6) is -1.65. The topological polar surface area (TPSA) is 145 Å². The van der Waals surface area contributed by atoms with Crippen LogP contribution in [0.4, 0.5) is 0 Å². The van der Waals surface area contributed by atoms with Gasteiger partial charge in [-0.1, -0.05) is 0 Å². The van der Waals surface area contributed by atoms with Crippen LogP contribution in [0, 0.1) is 0 Å². The van der Waals surface area contributed by atoms with Crippen LogP contribution in [0.5, 0.6) is 0 Å². The predicted molar refractivity (Wildman–Crippen MR) is 54.5 cm³/mol. The fourth-order valence-corrected chi connectivity index (χ4v) is 1.67. The van der Waals surface area contributed by atoms with Crippen molar-refractivity contribution in [1.29, 1.82) is 0 Å². The molecule has 8 nitrogen and oxygen atoms in total. The van der Waals surface area contributed by atoms with Crippen molar-refractivity contribution < 1.29 is 39.0 Å². The molecule has 0 unspecified atom stereocenters. The number of hydrogen-bond acceptors (Lipinski definition) is 7. The molecule has 0 radical (unpaired) electrons. The maximum atomic E-state index is 10.9. The Bertz CT molecular complexity index is 278. The van der Waals surface area contributed by atoms with E-state index in [9.17, 15) is 19.6 Å². The zero-order chi connectivity index (χ0) is 12.9. The monoisotopic (exact) mass is 276 g/mol. The summed E-state index contributed by atoms with van der Waals surface area (Å²) in [5.41, 5.74) is 0. The van der Waals surface area contributed by atoms with E-state index >= 15 is 0 Å². The lowest BCUT2D eigenvalue weighted by molar-refractivity contribution is -0.155. The number of phosphoric ester groups is 1. The van der Waals surface area contributed by atoms with Gasteiger partial charge in [-0.05, 0) is 6.26 Å². The zero-order valence-corrected chi connectivity index (χ0v) is 9.97. The first kappa shape index (κ1) is 15.9. The van der Waals surface area contributed by atoms with Gasteiger partial charge in [0.05, 0.1) is 6.10 Å². The van der Waals surface area contributed by atoms with Crippen LogP contribution in [0.3, 0.4) is 0 Å².